The van der Waals surface area contributed by atoms with E-state index in [1.54, 1.807) is 6.07 Å². The summed E-state index contributed by atoms with van der Waals surface area (Å²) in [5.41, 5.74) is 0. The molecule has 0 bridgehead atoms. The zero-order valence-electron chi connectivity index (χ0n) is 8.28. The zero-order valence-corrected chi connectivity index (χ0v) is 9.85. The molecule has 0 spiro atoms. The highest BCUT2D eigenvalue weighted by molar-refractivity contribution is 7.98. The van der Waals surface area contributed by atoms with Crippen molar-refractivity contribution in [3.05, 3.63) is 11.2 Å². The van der Waals surface area contributed by atoms with Gasteiger partial charge in [-0.2, -0.15) is 0 Å². The third-order valence-corrected chi connectivity index (χ3v) is 2.24. The lowest BCUT2D eigenvalue weighted by atomic mass is 10.5. The first-order valence-corrected chi connectivity index (χ1v) is 5.65. The number of ether oxygens (including phenoxy) is 1. The van der Waals surface area contributed by atoms with E-state index in [1.165, 1.54) is 18.9 Å². The Morgan fingerprint density at radius 2 is 2.40 bits per heavy atom. The summed E-state index contributed by atoms with van der Waals surface area (Å²) < 4.78 is 4.48. The molecule has 7 heteroatoms. The number of anilines is 1. The summed E-state index contributed by atoms with van der Waals surface area (Å²) in [6.45, 7) is 0.0532. The van der Waals surface area contributed by atoms with Crippen LogP contribution in [0.2, 0.25) is 5.15 Å². The quantitative estimate of drug-likeness (QED) is 0.376. The van der Waals surface area contributed by atoms with Crippen LogP contribution in [0.1, 0.15) is 0 Å². The van der Waals surface area contributed by atoms with E-state index in [-0.39, 0.29) is 12.5 Å². The molecule has 0 radical (unpaired) electrons. The van der Waals surface area contributed by atoms with Gasteiger partial charge in [0.2, 0.25) is 0 Å². The number of hydrogen-bond donors (Lipinski definition) is 1. The van der Waals surface area contributed by atoms with Gasteiger partial charge in [-0.3, -0.25) is 4.79 Å². The van der Waals surface area contributed by atoms with Crippen LogP contribution < -0.4 is 5.32 Å². The van der Waals surface area contributed by atoms with Crippen LogP contribution in [0.15, 0.2) is 11.2 Å². The van der Waals surface area contributed by atoms with E-state index in [2.05, 4.69) is 20.0 Å². The van der Waals surface area contributed by atoms with Gasteiger partial charge in [-0.1, -0.05) is 23.4 Å². The lowest BCUT2D eigenvalue weighted by Gasteiger charge is -2.05. The summed E-state index contributed by atoms with van der Waals surface area (Å²) in [7, 11) is 1.32. The van der Waals surface area contributed by atoms with Crippen LogP contribution in [-0.4, -0.2) is 35.8 Å². The Balaban J connectivity index is 2.68. The Hall–Kier alpha value is -1.01. The van der Waals surface area contributed by atoms with Crippen molar-refractivity contribution in [2.24, 2.45) is 0 Å². The van der Waals surface area contributed by atoms with Crippen LogP contribution in [0, 0.1) is 0 Å². The van der Waals surface area contributed by atoms with E-state index < -0.39 is 0 Å². The van der Waals surface area contributed by atoms with E-state index in [9.17, 15) is 4.79 Å². The maximum Gasteiger partial charge on any atom is 0.325 e. The Morgan fingerprint density at radius 1 is 1.67 bits per heavy atom. The van der Waals surface area contributed by atoms with Crippen molar-refractivity contribution in [1.29, 1.82) is 0 Å². The fraction of sp³-hybridized carbons (Fsp3) is 0.375. The Bertz CT molecular complexity index is 362. The second kappa shape index (κ2) is 5.77. The topological polar surface area (TPSA) is 64.1 Å². The van der Waals surface area contributed by atoms with Gasteiger partial charge in [-0.25, -0.2) is 9.97 Å². The molecular formula is C8H10ClN3O2S. The predicted molar refractivity (Wildman–Crippen MR) is 59.3 cm³/mol. The highest BCUT2D eigenvalue weighted by atomic mass is 35.5. The standard InChI is InChI=1S/C8H10ClN3O2S/c1-14-7(13)4-10-6-3-5(9)11-8(12-6)15-2/h3H,4H2,1-2H3,(H,10,11,12). The second-order valence-electron chi connectivity index (χ2n) is 2.49. The monoisotopic (exact) mass is 247 g/mol. The minimum atomic E-state index is -0.365. The number of thioether (sulfide) groups is 1. The number of hydrogen-bond acceptors (Lipinski definition) is 6. The fourth-order valence-electron chi connectivity index (χ4n) is 0.814. The van der Waals surface area contributed by atoms with Crippen LogP contribution >= 0.6 is 23.4 Å². The first kappa shape index (κ1) is 12.1. The molecule has 82 valence electrons. The maximum absolute atomic E-state index is 10.9. The van der Waals surface area contributed by atoms with Gasteiger partial charge >= 0.3 is 5.97 Å². The molecule has 1 N–H and O–H groups in total. The van der Waals surface area contributed by atoms with Gasteiger partial charge in [-0.15, -0.1) is 0 Å². The third kappa shape index (κ3) is 3.93. The molecule has 0 amide bonds. The van der Waals surface area contributed by atoms with Gasteiger partial charge < -0.3 is 10.1 Å². The molecular weight excluding hydrogens is 238 g/mol. The van der Waals surface area contributed by atoms with Crippen molar-refractivity contribution >= 4 is 35.1 Å². The molecule has 1 aromatic rings. The highest BCUT2D eigenvalue weighted by Crippen LogP contribution is 2.16. The molecule has 0 fully saturated rings. The molecule has 0 atom stereocenters. The number of nitrogens with zero attached hydrogens (tertiary/aromatic N) is 2. The molecule has 15 heavy (non-hydrogen) atoms. The zero-order chi connectivity index (χ0) is 11.3. The normalized spacial score (nSPS) is 9.80. The van der Waals surface area contributed by atoms with Crippen LogP contribution in [0.4, 0.5) is 5.82 Å². The van der Waals surface area contributed by atoms with Gasteiger partial charge in [0.15, 0.2) is 5.16 Å². The molecule has 1 aromatic heterocycles. The van der Waals surface area contributed by atoms with Crippen LogP contribution in [-0.2, 0) is 9.53 Å². The van der Waals surface area contributed by atoms with Crippen molar-refractivity contribution in [2.45, 2.75) is 5.16 Å². The van der Waals surface area contributed by atoms with Gasteiger partial charge in [0.1, 0.15) is 17.5 Å². The highest BCUT2D eigenvalue weighted by Gasteiger charge is 2.04. The number of halogens is 1. The molecule has 0 aliphatic carbocycles. The molecule has 0 saturated carbocycles. The summed E-state index contributed by atoms with van der Waals surface area (Å²) in [6.07, 6.45) is 1.84. The molecule has 0 unspecified atom stereocenters. The average molecular weight is 248 g/mol. The number of methoxy groups -OCH3 is 1. The maximum atomic E-state index is 10.9. The van der Waals surface area contributed by atoms with Gasteiger partial charge in [0.25, 0.3) is 0 Å². The van der Waals surface area contributed by atoms with Crippen molar-refractivity contribution in [3.63, 3.8) is 0 Å². The lowest BCUT2D eigenvalue weighted by Crippen LogP contribution is -2.15. The number of carbonyl (C=O) groups excluding carboxylic acids is 1. The van der Waals surface area contributed by atoms with E-state index in [0.717, 1.165) is 0 Å². The SMILES string of the molecule is COC(=O)CNc1cc(Cl)nc(SC)n1. The van der Waals surface area contributed by atoms with Crippen molar-refractivity contribution < 1.29 is 9.53 Å². The number of aromatic nitrogens is 2. The van der Waals surface area contributed by atoms with E-state index >= 15 is 0 Å². The number of nitrogens with one attached hydrogen (secondary N) is 1. The van der Waals surface area contributed by atoms with Crippen molar-refractivity contribution in [1.82, 2.24) is 9.97 Å². The Labute approximate surface area is 96.6 Å². The van der Waals surface area contributed by atoms with Crippen molar-refractivity contribution in [2.75, 3.05) is 25.2 Å². The van der Waals surface area contributed by atoms with E-state index in [4.69, 9.17) is 11.6 Å². The predicted octanol–water partition coefficient (Wildman–Crippen LogP) is 1.44. The van der Waals surface area contributed by atoms with Crippen molar-refractivity contribution in [3.8, 4) is 0 Å². The summed E-state index contributed by atoms with van der Waals surface area (Å²) in [6, 6.07) is 1.55. The molecule has 0 aliphatic rings. The Morgan fingerprint density at radius 3 is 3.00 bits per heavy atom. The first-order valence-electron chi connectivity index (χ1n) is 4.05. The largest absolute Gasteiger partial charge is 0.468 e. The number of esters is 1. The second-order valence-corrected chi connectivity index (χ2v) is 3.65. The van der Waals surface area contributed by atoms with Gasteiger partial charge in [0, 0.05) is 6.07 Å². The van der Waals surface area contributed by atoms with Crippen LogP contribution in [0.5, 0.6) is 0 Å². The van der Waals surface area contributed by atoms with Gasteiger partial charge in [-0.05, 0) is 6.26 Å². The third-order valence-electron chi connectivity index (χ3n) is 1.50. The Kier molecular flexibility index (Phi) is 4.64. The molecule has 1 heterocycles. The molecule has 1 rings (SSSR count). The van der Waals surface area contributed by atoms with E-state index in [1.807, 2.05) is 6.26 Å². The smallest absolute Gasteiger partial charge is 0.325 e. The molecule has 0 aliphatic heterocycles. The first-order chi connectivity index (χ1) is 7.15. The summed E-state index contributed by atoms with van der Waals surface area (Å²) in [4.78, 5) is 18.9. The lowest BCUT2D eigenvalue weighted by molar-refractivity contribution is -0.138. The van der Waals surface area contributed by atoms with E-state index in [0.29, 0.717) is 16.1 Å². The fourth-order valence-corrected chi connectivity index (χ4v) is 1.43. The summed E-state index contributed by atoms with van der Waals surface area (Å²) in [5, 5.41) is 3.67. The average Bonchev–Trinajstić information content (AvgIpc) is 2.25. The minimum absolute atomic E-state index is 0.0532. The summed E-state index contributed by atoms with van der Waals surface area (Å²) >= 11 is 7.13. The van der Waals surface area contributed by atoms with Crippen LogP contribution in [0.25, 0.3) is 0 Å². The number of rotatable bonds is 4. The number of carbonyl (C=O) groups is 1. The van der Waals surface area contributed by atoms with Gasteiger partial charge in [0.05, 0.1) is 7.11 Å². The van der Waals surface area contributed by atoms with Crippen LogP contribution in [0.3, 0.4) is 0 Å². The minimum Gasteiger partial charge on any atom is -0.468 e. The summed E-state index contributed by atoms with van der Waals surface area (Å²) in [5.74, 6) is 0.139. The molecule has 0 saturated heterocycles. The molecule has 5 nitrogen and oxygen atoms in total. The molecule has 0 aromatic carbocycles.